The summed E-state index contributed by atoms with van der Waals surface area (Å²) in [6.07, 6.45) is 3.29. The summed E-state index contributed by atoms with van der Waals surface area (Å²) in [5, 5.41) is 3.42. The minimum absolute atomic E-state index is 0.0860. The van der Waals surface area contributed by atoms with Crippen LogP contribution in [0.4, 0.5) is 4.39 Å². The lowest BCUT2D eigenvalue weighted by Crippen LogP contribution is -2.23. The molecular weight excluding hydrogens is 441 g/mol. The van der Waals surface area contributed by atoms with Gasteiger partial charge in [-0.05, 0) is 48.4 Å². The zero-order chi connectivity index (χ0) is 22.2. The number of aryl methyl sites for hydroxylation is 1. The maximum Gasteiger partial charge on any atom is 0.267 e. The number of nitrogens with zero attached hydrogens (tertiary/aromatic N) is 1. The fourth-order valence-electron chi connectivity index (χ4n) is 3.15. The molecule has 0 saturated heterocycles. The van der Waals surface area contributed by atoms with Crippen LogP contribution < -0.4 is 5.32 Å². The van der Waals surface area contributed by atoms with Crippen molar-refractivity contribution in [3.63, 3.8) is 0 Å². The highest BCUT2D eigenvalue weighted by atomic mass is 35.5. The van der Waals surface area contributed by atoms with Crippen LogP contribution in [0.5, 0.6) is 0 Å². The summed E-state index contributed by atoms with van der Waals surface area (Å²) < 4.78 is 40.2. The zero-order valence-electron chi connectivity index (χ0n) is 16.3. The summed E-state index contributed by atoms with van der Waals surface area (Å²) in [6.45, 7) is 1.66. The summed E-state index contributed by atoms with van der Waals surface area (Å²) in [6, 6.07) is 12.1. The molecule has 0 atom stereocenters. The normalized spacial score (nSPS) is 11.6. The molecule has 2 N–H and O–H groups in total. The number of halogens is 2. The van der Waals surface area contributed by atoms with E-state index in [9.17, 15) is 17.6 Å². The van der Waals surface area contributed by atoms with Crippen molar-refractivity contribution in [3.8, 4) is 0 Å². The molecular formula is C22H17ClFN3O3S. The summed E-state index contributed by atoms with van der Waals surface area (Å²) in [7, 11) is -4.13. The van der Waals surface area contributed by atoms with Crippen LogP contribution in [-0.4, -0.2) is 24.3 Å². The second kappa shape index (κ2) is 8.13. The highest BCUT2D eigenvalue weighted by Crippen LogP contribution is 2.31. The van der Waals surface area contributed by atoms with Gasteiger partial charge in [-0.2, -0.15) is 0 Å². The van der Waals surface area contributed by atoms with Gasteiger partial charge in [0.2, 0.25) is 9.84 Å². The number of aromatic amines is 1. The van der Waals surface area contributed by atoms with Gasteiger partial charge in [0.15, 0.2) is 0 Å². The van der Waals surface area contributed by atoms with E-state index < -0.39 is 20.5 Å². The average Bonchev–Trinajstić information content (AvgIpc) is 3.19. The lowest BCUT2D eigenvalue weighted by molar-refractivity contribution is 0.0946. The molecule has 0 fully saturated rings. The summed E-state index contributed by atoms with van der Waals surface area (Å²) in [4.78, 5) is 18.8. The van der Waals surface area contributed by atoms with Crippen LogP contribution in [0.1, 0.15) is 21.6 Å². The first kappa shape index (κ1) is 21.0. The minimum Gasteiger partial charge on any atom is -0.350 e. The van der Waals surface area contributed by atoms with Crippen molar-refractivity contribution < 1.29 is 17.6 Å². The SMILES string of the molecule is Cc1ccc(Cl)c(S(=O)(=O)c2ccc(CNC(=O)c3cc4cnccc4[nH]3)cc2)c1F. The second-order valence-corrected chi connectivity index (χ2v) is 9.28. The lowest BCUT2D eigenvalue weighted by atomic mass is 10.2. The number of aromatic nitrogens is 2. The smallest absolute Gasteiger partial charge is 0.267 e. The molecule has 0 aliphatic rings. The van der Waals surface area contributed by atoms with E-state index >= 15 is 0 Å². The zero-order valence-corrected chi connectivity index (χ0v) is 17.9. The van der Waals surface area contributed by atoms with Crippen LogP contribution in [-0.2, 0) is 16.4 Å². The van der Waals surface area contributed by atoms with E-state index in [1.807, 2.05) is 0 Å². The number of benzene rings is 2. The molecule has 0 unspecified atom stereocenters. The molecule has 9 heteroatoms. The molecule has 6 nitrogen and oxygen atoms in total. The molecule has 0 aliphatic heterocycles. The second-order valence-electron chi connectivity index (χ2n) is 6.98. The van der Waals surface area contributed by atoms with Gasteiger partial charge in [0, 0.05) is 29.8 Å². The molecule has 2 aromatic heterocycles. The molecule has 0 aliphatic carbocycles. The number of carbonyl (C=O) groups is 1. The van der Waals surface area contributed by atoms with E-state index in [0.717, 1.165) is 10.9 Å². The number of pyridine rings is 1. The van der Waals surface area contributed by atoms with Gasteiger partial charge in [0.25, 0.3) is 5.91 Å². The van der Waals surface area contributed by atoms with E-state index in [2.05, 4.69) is 15.3 Å². The Kier molecular flexibility index (Phi) is 5.51. The molecule has 4 rings (SSSR count). The third-order valence-corrected chi connectivity index (χ3v) is 7.12. The Morgan fingerprint density at radius 3 is 2.61 bits per heavy atom. The maximum absolute atomic E-state index is 14.5. The Morgan fingerprint density at radius 2 is 1.90 bits per heavy atom. The first-order valence-corrected chi connectivity index (χ1v) is 11.1. The molecule has 0 bridgehead atoms. The summed E-state index contributed by atoms with van der Waals surface area (Å²) in [5.41, 5.74) is 2.07. The number of amides is 1. The quantitative estimate of drug-likeness (QED) is 0.464. The van der Waals surface area contributed by atoms with E-state index in [-0.39, 0.29) is 27.9 Å². The molecule has 0 saturated carbocycles. The molecule has 1 amide bonds. The largest absolute Gasteiger partial charge is 0.350 e. The minimum atomic E-state index is -4.13. The average molecular weight is 458 g/mol. The van der Waals surface area contributed by atoms with Gasteiger partial charge < -0.3 is 10.3 Å². The van der Waals surface area contributed by atoms with Crippen LogP contribution in [0.25, 0.3) is 10.9 Å². The third kappa shape index (κ3) is 4.04. The van der Waals surface area contributed by atoms with Crippen LogP contribution in [0.15, 0.2) is 70.7 Å². The van der Waals surface area contributed by atoms with E-state index in [1.165, 1.54) is 31.2 Å². The molecule has 0 radical (unpaired) electrons. The molecule has 4 aromatic rings. The van der Waals surface area contributed by atoms with Crippen molar-refractivity contribution in [1.82, 2.24) is 15.3 Å². The van der Waals surface area contributed by atoms with Crippen molar-refractivity contribution in [1.29, 1.82) is 0 Å². The number of H-pyrrole nitrogens is 1. The Morgan fingerprint density at radius 1 is 1.16 bits per heavy atom. The third-order valence-electron chi connectivity index (χ3n) is 4.86. The predicted molar refractivity (Wildman–Crippen MR) is 115 cm³/mol. The number of fused-ring (bicyclic) bond motifs is 1. The Hall–Kier alpha value is -3.23. The van der Waals surface area contributed by atoms with Crippen LogP contribution in [0, 0.1) is 12.7 Å². The van der Waals surface area contributed by atoms with Crippen molar-refractivity contribution in [2.75, 3.05) is 0 Å². The van der Waals surface area contributed by atoms with Gasteiger partial charge in [0.1, 0.15) is 16.4 Å². The monoisotopic (exact) mass is 457 g/mol. The fraction of sp³-hybridized carbons (Fsp3) is 0.0909. The van der Waals surface area contributed by atoms with Crippen LogP contribution >= 0.6 is 11.6 Å². The number of hydrogen-bond donors (Lipinski definition) is 2. The lowest BCUT2D eigenvalue weighted by Gasteiger charge is -2.10. The summed E-state index contributed by atoms with van der Waals surface area (Å²) >= 11 is 5.97. The van der Waals surface area contributed by atoms with Gasteiger partial charge in [-0.15, -0.1) is 0 Å². The van der Waals surface area contributed by atoms with Gasteiger partial charge >= 0.3 is 0 Å². The van der Waals surface area contributed by atoms with E-state index in [4.69, 9.17) is 11.6 Å². The van der Waals surface area contributed by atoms with Crippen molar-refractivity contribution in [2.24, 2.45) is 0 Å². The highest BCUT2D eigenvalue weighted by molar-refractivity contribution is 7.91. The maximum atomic E-state index is 14.5. The molecule has 2 heterocycles. The molecule has 0 spiro atoms. The Labute approximate surface area is 183 Å². The van der Waals surface area contributed by atoms with Gasteiger partial charge in [-0.3, -0.25) is 9.78 Å². The first-order valence-electron chi connectivity index (χ1n) is 9.27. The van der Waals surface area contributed by atoms with Crippen LogP contribution in [0.2, 0.25) is 5.02 Å². The van der Waals surface area contributed by atoms with Crippen molar-refractivity contribution >= 4 is 38.2 Å². The fourth-order valence-corrected chi connectivity index (χ4v) is 5.06. The molecule has 158 valence electrons. The number of rotatable bonds is 5. The highest BCUT2D eigenvalue weighted by Gasteiger charge is 2.26. The molecule has 2 aromatic carbocycles. The van der Waals surface area contributed by atoms with Gasteiger partial charge in [-0.1, -0.05) is 29.8 Å². The topological polar surface area (TPSA) is 91.9 Å². The first-order chi connectivity index (χ1) is 14.8. The van der Waals surface area contributed by atoms with E-state index in [1.54, 1.807) is 36.7 Å². The van der Waals surface area contributed by atoms with E-state index in [0.29, 0.717) is 11.3 Å². The van der Waals surface area contributed by atoms with Crippen molar-refractivity contribution in [2.45, 2.75) is 23.3 Å². The van der Waals surface area contributed by atoms with Gasteiger partial charge in [-0.25, -0.2) is 12.8 Å². The summed E-state index contributed by atoms with van der Waals surface area (Å²) in [5.74, 6) is -1.17. The number of sulfone groups is 1. The van der Waals surface area contributed by atoms with Crippen molar-refractivity contribution in [3.05, 3.63) is 88.6 Å². The number of nitrogens with one attached hydrogen (secondary N) is 2. The standard InChI is InChI=1S/C22H17ClFN3O3S/c1-13-2-7-17(23)21(20(13)24)31(29,30)16-5-3-14(4-6-16)11-26-22(28)19-10-15-12-25-9-8-18(15)27-19/h2-10,12,27H,11H2,1H3,(H,26,28). The number of hydrogen-bond acceptors (Lipinski definition) is 4. The Balaban J connectivity index is 1.50. The predicted octanol–water partition coefficient (Wildman–Crippen LogP) is 4.43. The molecule has 31 heavy (non-hydrogen) atoms. The Bertz CT molecular complexity index is 1370. The van der Waals surface area contributed by atoms with Gasteiger partial charge in [0.05, 0.1) is 9.92 Å². The number of carbonyl (C=O) groups excluding carboxylic acids is 1. The van der Waals surface area contributed by atoms with Crippen LogP contribution in [0.3, 0.4) is 0 Å².